The minimum Gasteiger partial charge on any atom is -0.316 e. The van der Waals surface area contributed by atoms with Gasteiger partial charge in [-0.2, -0.15) is 0 Å². The Labute approximate surface area is 113 Å². The number of aromatic nitrogens is 4. The third kappa shape index (κ3) is 2.12. The highest BCUT2D eigenvalue weighted by Crippen LogP contribution is 2.34. The normalized spacial score (nSPS) is 23.9. The second-order valence-electron chi connectivity index (χ2n) is 5.59. The van der Waals surface area contributed by atoms with Gasteiger partial charge < -0.3 is 5.32 Å². The first-order valence-electron chi connectivity index (χ1n) is 7.14. The van der Waals surface area contributed by atoms with E-state index in [9.17, 15) is 0 Å². The summed E-state index contributed by atoms with van der Waals surface area (Å²) in [6, 6.07) is 1.99. The lowest BCUT2D eigenvalue weighted by molar-refractivity contribution is 0.273. The molecule has 1 unspecified atom stereocenters. The molecule has 2 aromatic rings. The van der Waals surface area contributed by atoms with Gasteiger partial charge in [-0.15, -0.1) is 10.2 Å². The molecule has 1 saturated heterocycles. The number of nitrogens with zero attached hydrogens (tertiary/aromatic N) is 4. The minimum atomic E-state index is 0.114. The number of hydrogen-bond acceptors (Lipinski definition) is 4. The van der Waals surface area contributed by atoms with E-state index in [1.807, 2.05) is 19.3 Å². The maximum Gasteiger partial charge on any atom is 0.163 e. The van der Waals surface area contributed by atoms with E-state index in [2.05, 4.69) is 31.8 Å². The predicted molar refractivity (Wildman–Crippen MR) is 74.2 cm³/mol. The van der Waals surface area contributed by atoms with Gasteiger partial charge in [0.25, 0.3) is 0 Å². The first kappa shape index (κ1) is 12.5. The third-order valence-corrected chi connectivity index (χ3v) is 4.11. The van der Waals surface area contributed by atoms with Crippen molar-refractivity contribution in [3.63, 3.8) is 0 Å². The fourth-order valence-electron chi connectivity index (χ4n) is 3.21. The molecule has 0 radical (unpaired) electrons. The molecule has 3 heterocycles. The van der Waals surface area contributed by atoms with E-state index in [1.54, 1.807) is 0 Å². The van der Waals surface area contributed by atoms with Crippen LogP contribution >= 0.6 is 0 Å². The lowest BCUT2D eigenvalue weighted by atomic mass is 9.76. The van der Waals surface area contributed by atoms with Crippen LogP contribution < -0.4 is 5.32 Å². The maximum absolute atomic E-state index is 4.48. The zero-order valence-electron chi connectivity index (χ0n) is 11.7. The van der Waals surface area contributed by atoms with E-state index in [0.29, 0.717) is 0 Å². The van der Waals surface area contributed by atoms with Crippen LogP contribution in [-0.2, 0) is 5.41 Å². The largest absolute Gasteiger partial charge is 0.316 e. The number of hydrogen-bond donors (Lipinski definition) is 1. The third-order valence-electron chi connectivity index (χ3n) is 4.11. The van der Waals surface area contributed by atoms with Crippen LogP contribution in [-0.4, -0.2) is 32.7 Å². The molecule has 0 amide bonds. The standard InChI is InChI=1S/C14H21N5/c1-3-5-14(6-4-7-15-9-14)13-18-17-12-8-11(2)16-10-19(12)13/h8,10,15H,3-7,9H2,1-2H3. The van der Waals surface area contributed by atoms with Crippen molar-refractivity contribution in [2.24, 2.45) is 0 Å². The molecule has 3 rings (SSSR count). The highest BCUT2D eigenvalue weighted by atomic mass is 15.3. The quantitative estimate of drug-likeness (QED) is 0.914. The van der Waals surface area contributed by atoms with Crippen LogP contribution in [0.3, 0.4) is 0 Å². The first-order valence-corrected chi connectivity index (χ1v) is 7.14. The second-order valence-corrected chi connectivity index (χ2v) is 5.59. The van der Waals surface area contributed by atoms with Crippen molar-refractivity contribution in [1.29, 1.82) is 0 Å². The summed E-state index contributed by atoms with van der Waals surface area (Å²) in [7, 11) is 0. The second kappa shape index (κ2) is 4.89. The van der Waals surface area contributed by atoms with Gasteiger partial charge in [-0.25, -0.2) is 4.98 Å². The van der Waals surface area contributed by atoms with Gasteiger partial charge in [0.2, 0.25) is 0 Å². The Morgan fingerprint density at radius 2 is 2.32 bits per heavy atom. The van der Waals surface area contributed by atoms with Gasteiger partial charge in [0.05, 0.1) is 0 Å². The van der Waals surface area contributed by atoms with E-state index in [0.717, 1.165) is 43.1 Å². The molecule has 1 aliphatic rings. The van der Waals surface area contributed by atoms with Crippen LogP contribution in [0.5, 0.6) is 0 Å². The van der Waals surface area contributed by atoms with Crippen molar-refractivity contribution in [2.75, 3.05) is 13.1 Å². The van der Waals surface area contributed by atoms with Crippen molar-refractivity contribution >= 4 is 5.65 Å². The Kier molecular flexibility index (Phi) is 3.22. The van der Waals surface area contributed by atoms with Crippen molar-refractivity contribution in [2.45, 2.75) is 44.9 Å². The molecule has 2 aromatic heterocycles. The number of fused-ring (bicyclic) bond motifs is 1. The molecule has 0 aromatic carbocycles. The summed E-state index contributed by atoms with van der Waals surface area (Å²) in [4.78, 5) is 4.39. The van der Waals surface area contributed by atoms with Crippen LogP contribution in [0.2, 0.25) is 0 Å². The summed E-state index contributed by atoms with van der Waals surface area (Å²) < 4.78 is 2.07. The molecule has 0 bridgehead atoms. The van der Waals surface area contributed by atoms with Crippen LogP contribution in [0.25, 0.3) is 5.65 Å². The molecular formula is C14H21N5. The maximum atomic E-state index is 4.48. The van der Waals surface area contributed by atoms with Gasteiger partial charge in [0.15, 0.2) is 5.65 Å². The zero-order valence-corrected chi connectivity index (χ0v) is 11.7. The van der Waals surface area contributed by atoms with Crippen molar-refractivity contribution in [1.82, 2.24) is 24.9 Å². The van der Waals surface area contributed by atoms with Crippen molar-refractivity contribution < 1.29 is 0 Å². The van der Waals surface area contributed by atoms with Crippen LogP contribution in [0, 0.1) is 6.92 Å². The highest BCUT2D eigenvalue weighted by Gasteiger charge is 2.37. The SMILES string of the molecule is CCCC1(c2nnc3cc(C)ncn23)CCCNC1. The van der Waals surface area contributed by atoms with Gasteiger partial charge in [-0.3, -0.25) is 4.40 Å². The molecule has 1 atom stereocenters. The fraction of sp³-hybridized carbons (Fsp3) is 0.643. The molecule has 1 N–H and O–H groups in total. The molecule has 1 aliphatic heterocycles. The average Bonchev–Trinajstić information content (AvgIpc) is 2.83. The lowest BCUT2D eigenvalue weighted by Crippen LogP contribution is -2.44. The van der Waals surface area contributed by atoms with Crippen LogP contribution in [0.1, 0.15) is 44.1 Å². The van der Waals surface area contributed by atoms with Crippen molar-refractivity contribution in [3.8, 4) is 0 Å². The Hall–Kier alpha value is -1.49. The van der Waals surface area contributed by atoms with Gasteiger partial charge in [-0.05, 0) is 32.7 Å². The summed E-state index contributed by atoms with van der Waals surface area (Å²) >= 11 is 0. The number of nitrogens with one attached hydrogen (secondary N) is 1. The Morgan fingerprint density at radius 1 is 1.42 bits per heavy atom. The zero-order chi connectivity index (χ0) is 13.3. The van der Waals surface area contributed by atoms with Gasteiger partial charge in [-0.1, -0.05) is 13.3 Å². The number of aryl methyl sites for hydroxylation is 1. The minimum absolute atomic E-state index is 0.114. The van der Waals surface area contributed by atoms with Crippen molar-refractivity contribution in [3.05, 3.63) is 23.9 Å². The molecule has 102 valence electrons. The van der Waals surface area contributed by atoms with E-state index >= 15 is 0 Å². The smallest absolute Gasteiger partial charge is 0.163 e. The topological polar surface area (TPSA) is 55.1 Å². The number of piperidine rings is 1. The molecule has 5 heteroatoms. The van der Waals surface area contributed by atoms with E-state index in [4.69, 9.17) is 0 Å². The molecule has 0 saturated carbocycles. The number of rotatable bonds is 3. The molecule has 0 spiro atoms. The summed E-state index contributed by atoms with van der Waals surface area (Å²) in [6.07, 6.45) is 6.56. The summed E-state index contributed by atoms with van der Waals surface area (Å²) in [6.45, 7) is 6.33. The molecule has 0 aliphatic carbocycles. The Bertz CT molecular complexity index is 563. The monoisotopic (exact) mass is 259 g/mol. The summed E-state index contributed by atoms with van der Waals surface area (Å²) in [5, 5.41) is 12.3. The Morgan fingerprint density at radius 3 is 3.05 bits per heavy atom. The summed E-state index contributed by atoms with van der Waals surface area (Å²) in [5.41, 5.74) is 2.00. The van der Waals surface area contributed by atoms with Crippen LogP contribution in [0.4, 0.5) is 0 Å². The van der Waals surface area contributed by atoms with Gasteiger partial charge in [0.1, 0.15) is 12.2 Å². The molecule has 19 heavy (non-hydrogen) atoms. The molecule has 1 fully saturated rings. The van der Waals surface area contributed by atoms with E-state index in [-0.39, 0.29) is 5.41 Å². The summed E-state index contributed by atoms with van der Waals surface area (Å²) in [5.74, 6) is 1.07. The first-order chi connectivity index (χ1) is 9.25. The molecular weight excluding hydrogens is 238 g/mol. The van der Waals surface area contributed by atoms with E-state index < -0.39 is 0 Å². The predicted octanol–water partition coefficient (Wildman–Crippen LogP) is 1.85. The lowest BCUT2D eigenvalue weighted by Gasteiger charge is -2.36. The average molecular weight is 259 g/mol. The van der Waals surface area contributed by atoms with Gasteiger partial charge >= 0.3 is 0 Å². The highest BCUT2D eigenvalue weighted by molar-refractivity contribution is 5.39. The molecule has 5 nitrogen and oxygen atoms in total. The van der Waals surface area contributed by atoms with Crippen LogP contribution in [0.15, 0.2) is 12.4 Å². The van der Waals surface area contributed by atoms with Gasteiger partial charge in [0, 0.05) is 23.7 Å². The Balaban J connectivity index is 2.09. The van der Waals surface area contributed by atoms with E-state index in [1.165, 1.54) is 12.8 Å². The fourth-order valence-corrected chi connectivity index (χ4v) is 3.21.